The summed E-state index contributed by atoms with van der Waals surface area (Å²) in [5.74, 6) is 0.480. The van der Waals surface area contributed by atoms with Crippen molar-refractivity contribution in [3.63, 3.8) is 0 Å². The third-order valence-electron chi connectivity index (χ3n) is 3.30. The van der Waals surface area contributed by atoms with E-state index in [4.69, 9.17) is 4.74 Å². The summed E-state index contributed by atoms with van der Waals surface area (Å²) in [6, 6.07) is 6.93. The van der Waals surface area contributed by atoms with Gasteiger partial charge in [0, 0.05) is 6.20 Å². The molecule has 1 aromatic heterocycles. The number of pyridine rings is 1. The van der Waals surface area contributed by atoms with Crippen molar-refractivity contribution in [3.8, 4) is 5.75 Å². The monoisotopic (exact) mass is 288 g/mol. The molecule has 1 heterocycles. The van der Waals surface area contributed by atoms with Crippen LogP contribution in [0.1, 0.15) is 36.1 Å². The van der Waals surface area contributed by atoms with Crippen molar-refractivity contribution in [2.75, 3.05) is 13.7 Å². The van der Waals surface area contributed by atoms with Crippen LogP contribution in [-0.2, 0) is 0 Å². The molecule has 112 valence electrons. The summed E-state index contributed by atoms with van der Waals surface area (Å²) >= 11 is 0. The summed E-state index contributed by atoms with van der Waals surface area (Å²) < 4.78 is 18.9. The molecule has 1 aromatic carbocycles. The lowest BCUT2D eigenvalue weighted by Gasteiger charge is -2.20. The quantitative estimate of drug-likeness (QED) is 0.881. The number of aromatic nitrogens is 1. The molecule has 1 N–H and O–H groups in total. The molecule has 3 nitrogen and oxygen atoms in total. The lowest BCUT2D eigenvalue weighted by molar-refractivity contribution is 0.411. The van der Waals surface area contributed by atoms with E-state index in [1.165, 1.54) is 6.07 Å². The molecule has 0 saturated heterocycles. The first-order valence-corrected chi connectivity index (χ1v) is 7.13. The van der Waals surface area contributed by atoms with Gasteiger partial charge in [-0.05, 0) is 54.8 Å². The normalized spacial score (nSPS) is 12.2. The van der Waals surface area contributed by atoms with Crippen molar-refractivity contribution in [1.82, 2.24) is 10.3 Å². The van der Waals surface area contributed by atoms with Crippen LogP contribution in [0.4, 0.5) is 4.39 Å². The van der Waals surface area contributed by atoms with E-state index in [1.54, 1.807) is 25.6 Å². The highest BCUT2D eigenvalue weighted by molar-refractivity contribution is 5.36. The minimum Gasteiger partial charge on any atom is -0.495 e. The highest BCUT2D eigenvalue weighted by atomic mass is 19.1. The number of rotatable bonds is 6. The molecule has 0 radical (unpaired) electrons. The van der Waals surface area contributed by atoms with Crippen molar-refractivity contribution >= 4 is 0 Å². The van der Waals surface area contributed by atoms with Crippen LogP contribution in [0.3, 0.4) is 0 Å². The Morgan fingerprint density at radius 2 is 2.00 bits per heavy atom. The molecule has 0 aliphatic rings. The number of ether oxygens (including phenoxy) is 1. The van der Waals surface area contributed by atoms with Crippen molar-refractivity contribution in [2.24, 2.45) is 0 Å². The van der Waals surface area contributed by atoms with E-state index in [0.717, 1.165) is 29.7 Å². The average molecular weight is 288 g/mol. The second-order valence-corrected chi connectivity index (χ2v) is 5.11. The van der Waals surface area contributed by atoms with E-state index in [1.807, 2.05) is 19.1 Å². The maximum Gasteiger partial charge on any atom is 0.137 e. The average Bonchev–Trinajstić information content (AvgIpc) is 2.47. The van der Waals surface area contributed by atoms with Crippen molar-refractivity contribution in [3.05, 3.63) is 59.2 Å². The van der Waals surface area contributed by atoms with Crippen molar-refractivity contribution in [1.29, 1.82) is 0 Å². The molecule has 1 unspecified atom stereocenters. The number of hydrogen-bond acceptors (Lipinski definition) is 3. The molecule has 2 aromatic rings. The SMILES string of the molecule is CCCNC(c1cc(C)cc(F)c1)c1cncc(OC)c1. The van der Waals surface area contributed by atoms with Gasteiger partial charge in [0.25, 0.3) is 0 Å². The molecule has 0 fully saturated rings. The molecule has 0 amide bonds. The Morgan fingerprint density at radius 1 is 1.19 bits per heavy atom. The minimum atomic E-state index is -0.218. The molecule has 0 saturated carbocycles. The topological polar surface area (TPSA) is 34.2 Å². The van der Waals surface area contributed by atoms with Crippen LogP contribution in [0.15, 0.2) is 36.7 Å². The molecular formula is C17H21FN2O. The van der Waals surface area contributed by atoms with Crippen LogP contribution in [0.5, 0.6) is 5.75 Å². The van der Waals surface area contributed by atoms with E-state index in [9.17, 15) is 4.39 Å². The predicted molar refractivity (Wildman–Crippen MR) is 82.1 cm³/mol. The van der Waals surface area contributed by atoms with E-state index in [0.29, 0.717) is 5.75 Å². The van der Waals surface area contributed by atoms with Gasteiger partial charge in [-0.3, -0.25) is 4.98 Å². The Kier molecular flexibility index (Phi) is 5.28. The van der Waals surface area contributed by atoms with Crippen LogP contribution in [0.25, 0.3) is 0 Å². The number of nitrogens with one attached hydrogen (secondary N) is 1. The fourth-order valence-electron chi connectivity index (χ4n) is 2.35. The van der Waals surface area contributed by atoms with Gasteiger partial charge in [-0.2, -0.15) is 0 Å². The summed E-state index contributed by atoms with van der Waals surface area (Å²) in [5, 5.41) is 3.45. The number of aryl methyl sites for hydroxylation is 1. The van der Waals surface area contributed by atoms with Gasteiger partial charge >= 0.3 is 0 Å². The molecule has 4 heteroatoms. The molecule has 0 aliphatic carbocycles. The summed E-state index contributed by atoms with van der Waals surface area (Å²) in [6.07, 6.45) is 4.45. The van der Waals surface area contributed by atoms with Crippen LogP contribution in [0.2, 0.25) is 0 Å². The molecule has 0 bridgehead atoms. The number of hydrogen-bond donors (Lipinski definition) is 1. The van der Waals surface area contributed by atoms with Gasteiger partial charge in [0.2, 0.25) is 0 Å². The summed E-state index contributed by atoms with van der Waals surface area (Å²) in [5.41, 5.74) is 2.77. The van der Waals surface area contributed by atoms with Crippen LogP contribution < -0.4 is 10.1 Å². The Labute approximate surface area is 125 Å². The standard InChI is InChI=1S/C17H21FN2O/c1-4-5-20-17(13-6-12(2)7-15(18)8-13)14-9-16(21-3)11-19-10-14/h6-11,17,20H,4-5H2,1-3H3. The largest absolute Gasteiger partial charge is 0.495 e. The first-order valence-electron chi connectivity index (χ1n) is 7.13. The second kappa shape index (κ2) is 7.18. The molecule has 21 heavy (non-hydrogen) atoms. The van der Waals surface area contributed by atoms with Gasteiger partial charge < -0.3 is 10.1 Å². The Bertz CT molecular complexity index is 581. The highest BCUT2D eigenvalue weighted by Crippen LogP contribution is 2.25. The number of halogens is 1. The lowest BCUT2D eigenvalue weighted by atomic mass is 9.98. The lowest BCUT2D eigenvalue weighted by Crippen LogP contribution is -2.23. The van der Waals surface area contributed by atoms with Gasteiger partial charge in [-0.25, -0.2) is 4.39 Å². The third kappa shape index (κ3) is 4.02. The first-order chi connectivity index (χ1) is 10.1. The smallest absolute Gasteiger partial charge is 0.137 e. The zero-order valence-electron chi connectivity index (χ0n) is 12.7. The van der Waals surface area contributed by atoms with Gasteiger partial charge in [0.15, 0.2) is 0 Å². The Morgan fingerprint density at radius 3 is 2.67 bits per heavy atom. The van der Waals surface area contributed by atoms with E-state index < -0.39 is 0 Å². The van der Waals surface area contributed by atoms with E-state index in [2.05, 4.69) is 17.2 Å². The first kappa shape index (κ1) is 15.4. The molecule has 2 rings (SSSR count). The highest BCUT2D eigenvalue weighted by Gasteiger charge is 2.15. The Balaban J connectivity index is 2.41. The van der Waals surface area contributed by atoms with Crippen molar-refractivity contribution < 1.29 is 9.13 Å². The molecular weight excluding hydrogens is 267 g/mol. The van der Waals surface area contributed by atoms with Crippen LogP contribution in [-0.4, -0.2) is 18.6 Å². The maximum absolute atomic E-state index is 13.7. The van der Waals surface area contributed by atoms with Gasteiger partial charge in [-0.1, -0.05) is 13.0 Å². The number of nitrogens with zero attached hydrogens (tertiary/aromatic N) is 1. The minimum absolute atomic E-state index is 0.0954. The zero-order chi connectivity index (χ0) is 15.2. The fourth-order valence-corrected chi connectivity index (χ4v) is 2.35. The summed E-state index contributed by atoms with van der Waals surface area (Å²) in [4.78, 5) is 4.20. The van der Waals surface area contributed by atoms with E-state index in [-0.39, 0.29) is 11.9 Å². The van der Waals surface area contributed by atoms with Gasteiger partial charge in [0.1, 0.15) is 11.6 Å². The number of methoxy groups -OCH3 is 1. The van der Waals surface area contributed by atoms with Crippen LogP contribution >= 0.6 is 0 Å². The summed E-state index contributed by atoms with van der Waals surface area (Å²) in [7, 11) is 1.61. The van der Waals surface area contributed by atoms with Gasteiger partial charge in [-0.15, -0.1) is 0 Å². The Hall–Kier alpha value is -1.94. The maximum atomic E-state index is 13.7. The zero-order valence-corrected chi connectivity index (χ0v) is 12.7. The van der Waals surface area contributed by atoms with Crippen LogP contribution in [0, 0.1) is 12.7 Å². The third-order valence-corrected chi connectivity index (χ3v) is 3.30. The van der Waals surface area contributed by atoms with E-state index >= 15 is 0 Å². The summed E-state index contributed by atoms with van der Waals surface area (Å²) in [6.45, 7) is 4.84. The predicted octanol–water partition coefficient (Wildman–Crippen LogP) is 3.63. The second-order valence-electron chi connectivity index (χ2n) is 5.11. The molecule has 0 spiro atoms. The molecule has 1 atom stereocenters. The molecule has 0 aliphatic heterocycles. The number of benzene rings is 1. The van der Waals surface area contributed by atoms with Gasteiger partial charge in [0.05, 0.1) is 19.3 Å². The van der Waals surface area contributed by atoms with Crippen molar-refractivity contribution in [2.45, 2.75) is 26.3 Å². The fraction of sp³-hybridized carbons (Fsp3) is 0.353.